The zero-order valence-electron chi connectivity index (χ0n) is 11.4. The van der Waals surface area contributed by atoms with Gasteiger partial charge >= 0.3 is 12.1 Å². The quantitative estimate of drug-likeness (QED) is 0.496. The molecule has 5 nitrogen and oxygen atoms in total. The molecule has 0 saturated carbocycles. The van der Waals surface area contributed by atoms with Crippen LogP contribution in [0.5, 0.6) is 0 Å². The van der Waals surface area contributed by atoms with Crippen molar-refractivity contribution in [3.05, 3.63) is 36.9 Å². The van der Waals surface area contributed by atoms with E-state index in [1.807, 2.05) is 24.5 Å². The molecule has 0 radical (unpaired) electrons. The van der Waals surface area contributed by atoms with E-state index < -0.39 is 18.2 Å². The summed E-state index contributed by atoms with van der Waals surface area (Å²) in [4.78, 5) is 23.5. The number of nitrogens with one attached hydrogen (secondary N) is 1. The van der Waals surface area contributed by atoms with E-state index in [1.54, 1.807) is 13.0 Å². The molecule has 0 aliphatic carbocycles. The Morgan fingerprint density at radius 2 is 2.15 bits per heavy atom. The van der Waals surface area contributed by atoms with Gasteiger partial charge in [0.1, 0.15) is 12.7 Å². The molecule has 0 aliphatic heterocycles. The molecule has 6 heteroatoms. The summed E-state index contributed by atoms with van der Waals surface area (Å²) in [6.07, 6.45) is 1.85. The number of esters is 1. The summed E-state index contributed by atoms with van der Waals surface area (Å²) in [5.41, 5.74) is 0.681. The van der Waals surface area contributed by atoms with Crippen LogP contribution in [0.4, 0.5) is 10.5 Å². The summed E-state index contributed by atoms with van der Waals surface area (Å²) in [6.45, 7) is 4.90. The summed E-state index contributed by atoms with van der Waals surface area (Å²) in [7, 11) is 0. The molecule has 1 atom stereocenters. The highest BCUT2D eigenvalue weighted by molar-refractivity contribution is 7.98. The number of thioether (sulfide) groups is 1. The second-order valence-electron chi connectivity index (χ2n) is 3.88. The Hall–Kier alpha value is -1.95. The maximum atomic E-state index is 11.7. The van der Waals surface area contributed by atoms with Gasteiger partial charge in [-0.25, -0.2) is 9.59 Å². The number of ether oxygens (including phenoxy) is 2. The van der Waals surface area contributed by atoms with Gasteiger partial charge < -0.3 is 9.47 Å². The molecule has 0 heterocycles. The van der Waals surface area contributed by atoms with Gasteiger partial charge in [-0.1, -0.05) is 18.7 Å². The fourth-order valence-corrected chi connectivity index (χ4v) is 1.92. The molecule has 1 aromatic rings. The molecule has 0 aromatic heterocycles. The number of hydrogen-bond acceptors (Lipinski definition) is 5. The summed E-state index contributed by atoms with van der Waals surface area (Å²) in [5.74, 6) is -0.548. The third-order valence-corrected chi connectivity index (χ3v) is 3.07. The number of carbonyl (C=O) groups excluding carboxylic acids is 2. The van der Waals surface area contributed by atoms with Gasteiger partial charge in [-0.3, -0.25) is 5.32 Å². The Balaban J connectivity index is 2.46. The van der Waals surface area contributed by atoms with E-state index >= 15 is 0 Å². The molecule has 1 unspecified atom stereocenters. The van der Waals surface area contributed by atoms with Crippen LogP contribution in [-0.4, -0.2) is 31.0 Å². The van der Waals surface area contributed by atoms with Crippen molar-refractivity contribution in [2.75, 3.05) is 18.2 Å². The van der Waals surface area contributed by atoms with Crippen molar-refractivity contribution >= 4 is 29.5 Å². The Labute approximate surface area is 122 Å². The second-order valence-corrected chi connectivity index (χ2v) is 4.72. The lowest BCUT2D eigenvalue weighted by Crippen LogP contribution is -2.25. The number of amides is 1. The van der Waals surface area contributed by atoms with Crippen molar-refractivity contribution in [2.45, 2.75) is 17.9 Å². The molecule has 1 amide bonds. The SMILES string of the molecule is C=CC(=O)OCC(C)OC(=O)Nc1ccccc1SC. The first kappa shape index (κ1) is 16.1. The average molecular weight is 295 g/mol. The smallest absolute Gasteiger partial charge is 0.412 e. The Morgan fingerprint density at radius 3 is 2.80 bits per heavy atom. The number of rotatable bonds is 6. The third kappa shape index (κ3) is 5.36. The highest BCUT2D eigenvalue weighted by Gasteiger charge is 2.12. The van der Waals surface area contributed by atoms with E-state index in [0.717, 1.165) is 11.0 Å². The van der Waals surface area contributed by atoms with Crippen molar-refractivity contribution in [1.29, 1.82) is 0 Å². The van der Waals surface area contributed by atoms with Crippen LogP contribution in [0, 0.1) is 0 Å². The molecule has 0 spiro atoms. The first-order valence-corrected chi connectivity index (χ1v) is 7.19. The van der Waals surface area contributed by atoms with E-state index in [1.165, 1.54) is 11.8 Å². The number of para-hydroxylation sites is 1. The molecule has 0 fully saturated rings. The van der Waals surface area contributed by atoms with E-state index in [-0.39, 0.29) is 6.61 Å². The number of hydrogen-bond donors (Lipinski definition) is 1. The zero-order valence-corrected chi connectivity index (χ0v) is 12.2. The van der Waals surface area contributed by atoms with Gasteiger partial charge in [-0.05, 0) is 25.3 Å². The first-order valence-electron chi connectivity index (χ1n) is 5.96. The average Bonchev–Trinajstić information content (AvgIpc) is 2.45. The van der Waals surface area contributed by atoms with Gasteiger partial charge in [0.2, 0.25) is 0 Å². The first-order chi connectivity index (χ1) is 9.56. The van der Waals surface area contributed by atoms with Crippen LogP contribution in [0.15, 0.2) is 41.8 Å². The predicted octanol–water partition coefficient (Wildman–Crippen LogP) is 3.07. The van der Waals surface area contributed by atoms with E-state index in [2.05, 4.69) is 11.9 Å². The van der Waals surface area contributed by atoms with Crippen LogP contribution in [-0.2, 0) is 14.3 Å². The summed E-state index contributed by atoms with van der Waals surface area (Å²) in [5, 5.41) is 2.65. The largest absolute Gasteiger partial charge is 0.459 e. The van der Waals surface area contributed by atoms with Crippen molar-refractivity contribution in [3.63, 3.8) is 0 Å². The molecule has 1 aromatic carbocycles. The van der Waals surface area contributed by atoms with Crippen LogP contribution in [0.2, 0.25) is 0 Å². The Kier molecular flexibility index (Phi) is 6.66. The third-order valence-electron chi connectivity index (χ3n) is 2.28. The van der Waals surface area contributed by atoms with Crippen LogP contribution < -0.4 is 5.32 Å². The highest BCUT2D eigenvalue weighted by Crippen LogP contribution is 2.24. The van der Waals surface area contributed by atoms with Gasteiger partial charge in [0.25, 0.3) is 0 Å². The van der Waals surface area contributed by atoms with Gasteiger partial charge in [0, 0.05) is 11.0 Å². The molecule has 0 aliphatic rings. The van der Waals surface area contributed by atoms with Crippen LogP contribution >= 0.6 is 11.8 Å². The minimum Gasteiger partial charge on any atom is -0.459 e. The van der Waals surface area contributed by atoms with Crippen LogP contribution in [0.25, 0.3) is 0 Å². The van der Waals surface area contributed by atoms with E-state index in [0.29, 0.717) is 5.69 Å². The minimum absolute atomic E-state index is 0.0115. The fourth-order valence-electron chi connectivity index (χ4n) is 1.36. The van der Waals surface area contributed by atoms with Crippen LogP contribution in [0.1, 0.15) is 6.92 Å². The maximum absolute atomic E-state index is 11.7. The van der Waals surface area contributed by atoms with Crippen LogP contribution in [0.3, 0.4) is 0 Å². The topological polar surface area (TPSA) is 64.6 Å². The molecule has 1 rings (SSSR count). The summed E-state index contributed by atoms with van der Waals surface area (Å²) < 4.78 is 9.86. The fraction of sp³-hybridized carbons (Fsp3) is 0.286. The van der Waals surface area contributed by atoms with E-state index in [4.69, 9.17) is 9.47 Å². The van der Waals surface area contributed by atoms with Gasteiger partial charge in [0.05, 0.1) is 5.69 Å². The molecular weight excluding hydrogens is 278 g/mol. The van der Waals surface area contributed by atoms with Crippen molar-refractivity contribution in [3.8, 4) is 0 Å². The number of benzene rings is 1. The predicted molar refractivity (Wildman–Crippen MR) is 78.9 cm³/mol. The molecule has 1 N–H and O–H groups in total. The number of carbonyl (C=O) groups is 2. The lowest BCUT2D eigenvalue weighted by molar-refractivity contribution is -0.140. The van der Waals surface area contributed by atoms with Gasteiger partial charge in [-0.2, -0.15) is 0 Å². The van der Waals surface area contributed by atoms with Gasteiger partial charge in [0.15, 0.2) is 0 Å². The summed E-state index contributed by atoms with van der Waals surface area (Å²) in [6, 6.07) is 7.40. The minimum atomic E-state index is -0.589. The lowest BCUT2D eigenvalue weighted by atomic mass is 10.3. The maximum Gasteiger partial charge on any atom is 0.412 e. The van der Waals surface area contributed by atoms with E-state index in [9.17, 15) is 9.59 Å². The molecule has 20 heavy (non-hydrogen) atoms. The monoisotopic (exact) mass is 295 g/mol. The Morgan fingerprint density at radius 1 is 1.45 bits per heavy atom. The van der Waals surface area contributed by atoms with Crippen molar-refractivity contribution < 1.29 is 19.1 Å². The van der Waals surface area contributed by atoms with Crippen molar-refractivity contribution in [1.82, 2.24) is 0 Å². The molecular formula is C14H17NO4S. The standard InChI is InChI=1S/C14H17NO4S/c1-4-13(16)18-9-10(2)19-14(17)15-11-7-5-6-8-12(11)20-3/h4-8,10H,1,9H2,2-3H3,(H,15,17). The molecule has 0 bridgehead atoms. The van der Waals surface area contributed by atoms with Crippen molar-refractivity contribution in [2.24, 2.45) is 0 Å². The lowest BCUT2D eigenvalue weighted by Gasteiger charge is -2.14. The normalized spacial score (nSPS) is 11.3. The molecule has 108 valence electrons. The van der Waals surface area contributed by atoms with Gasteiger partial charge in [-0.15, -0.1) is 11.8 Å². The summed E-state index contributed by atoms with van der Waals surface area (Å²) >= 11 is 1.52. The number of anilines is 1. The highest BCUT2D eigenvalue weighted by atomic mass is 32.2. The molecule has 0 saturated heterocycles. The second kappa shape index (κ2) is 8.27. The Bertz CT molecular complexity index is 490. The zero-order chi connectivity index (χ0) is 15.0.